The Morgan fingerprint density at radius 3 is 0.878 bits per heavy atom. The van der Waals surface area contributed by atoms with Crippen LogP contribution in [-0.2, 0) is 0 Å². The van der Waals surface area contributed by atoms with Gasteiger partial charge in [0.1, 0.15) is 23.7 Å². The van der Waals surface area contributed by atoms with Gasteiger partial charge in [-0.05, 0) is 48.2 Å². The van der Waals surface area contributed by atoms with Gasteiger partial charge >= 0.3 is 0 Å². The Labute approximate surface area is 300 Å². The van der Waals surface area contributed by atoms with Crippen molar-refractivity contribution in [2.75, 3.05) is 0 Å². The first kappa shape index (κ1) is 43.2. The molecular weight excluding hydrogens is 608 g/mol. The maximum atomic E-state index is 10.7. The minimum Gasteiger partial charge on any atom is -0.457 e. The second kappa shape index (κ2) is 28.7. The Balaban J connectivity index is 1.58. The summed E-state index contributed by atoms with van der Waals surface area (Å²) in [6.07, 6.45) is 28.5. The van der Waals surface area contributed by atoms with E-state index in [4.69, 9.17) is 4.74 Å². The molecule has 0 aliphatic rings. The first-order valence-electron chi connectivity index (χ1n) is 20.6. The van der Waals surface area contributed by atoms with Crippen LogP contribution in [0, 0.1) is 0 Å². The number of aliphatic hydroxyl groups excluding tert-OH is 4. The van der Waals surface area contributed by atoms with Crippen LogP contribution in [0.25, 0.3) is 0 Å². The molecule has 0 spiro atoms. The van der Waals surface area contributed by atoms with Crippen molar-refractivity contribution < 1.29 is 25.2 Å². The second-order valence-electron chi connectivity index (χ2n) is 14.6. The van der Waals surface area contributed by atoms with E-state index in [0.29, 0.717) is 35.5 Å². The van der Waals surface area contributed by atoms with Crippen LogP contribution in [0.3, 0.4) is 0 Å². The summed E-state index contributed by atoms with van der Waals surface area (Å²) in [5, 5.41) is 42.5. The molecule has 2 aromatic carbocycles. The lowest BCUT2D eigenvalue weighted by molar-refractivity contribution is 0.0119. The van der Waals surface area contributed by atoms with E-state index in [1.807, 2.05) is 0 Å². The van der Waals surface area contributed by atoms with Crippen LogP contribution in [0.2, 0.25) is 0 Å². The third kappa shape index (κ3) is 20.5. The van der Waals surface area contributed by atoms with Crippen LogP contribution in [0.4, 0.5) is 0 Å². The molecule has 2 aromatic rings. The number of hydrogen-bond acceptors (Lipinski definition) is 5. The smallest absolute Gasteiger partial charge is 0.127 e. The summed E-state index contributed by atoms with van der Waals surface area (Å²) in [6, 6.07) is 14.4. The lowest BCUT2D eigenvalue weighted by Gasteiger charge is -2.19. The van der Waals surface area contributed by atoms with E-state index in [9.17, 15) is 20.4 Å². The van der Waals surface area contributed by atoms with E-state index >= 15 is 0 Å². The fourth-order valence-electron chi connectivity index (χ4n) is 6.75. The van der Waals surface area contributed by atoms with Crippen molar-refractivity contribution in [3.63, 3.8) is 0 Å². The van der Waals surface area contributed by atoms with Gasteiger partial charge in [0.05, 0.1) is 12.2 Å². The Hall–Kier alpha value is -1.92. The number of ether oxygens (including phenoxy) is 1. The van der Waals surface area contributed by atoms with E-state index in [1.54, 1.807) is 48.5 Å². The molecule has 4 unspecified atom stereocenters. The SMILES string of the molecule is CCCCCCCCCCCCCCC(O)C(O)c1ccc(Oc2ccc(C(O)C(O)CCCCCCCCCCCCCC)cc2)cc1. The van der Waals surface area contributed by atoms with Gasteiger partial charge in [-0.3, -0.25) is 0 Å². The molecule has 2 rings (SSSR count). The third-order valence-electron chi connectivity index (χ3n) is 10.1. The minimum atomic E-state index is -0.913. The van der Waals surface area contributed by atoms with Crippen molar-refractivity contribution in [3.05, 3.63) is 59.7 Å². The maximum Gasteiger partial charge on any atom is 0.127 e. The summed E-state index contributed by atoms with van der Waals surface area (Å²) < 4.78 is 5.98. The van der Waals surface area contributed by atoms with Gasteiger partial charge in [0.15, 0.2) is 0 Å². The summed E-state index contributed by atoms with van der Waals surface area (Å²) in [4.78, 5) is 0. The molecule has 49 heavy (non-hydrogen) atoms. The minimum absolute atomic E-state index is 0.600. The molecule has 0 aliphatic carbocycles. The van der Waals surface area contributed by atoms with Crippen LogP contribution < -0.4 is 4.74 Å². The zero-order chi connectivity index (χ0) is 35.4. The molecule has 5 heteroatoms. The molecule has 0 radical (unpaired) electrons. The van der Waals surface area contributed by atoms with E-state index in [-0.39, 0.29) is 0 Å². The van der Waals surface area contributed by atoms with Crippen molar-refractivity contribution in [1.29, 1.82) is 0 Å². The Kier molecular flexibility index (Phi) is 25.4. The highest BCUT2D eigenvalue weighted by molar-refractivity contribution is 5.35. The maximum absolute atomic E-state index is 10.7. The molecule has 0 fully saturated rings. The molecule has 0 bridgehead atoms. The van der Waals surface area contributed by atoms with Crippen LogP contribution in [0.1, 0.15) is 204 Å². The highest BCUT2D eigenvalue weighted by Gasteiger charge is 2.19. The second-order valence-corrected chi connectivity index (χ2v) is 14.6. The van der Waals surface area contributed by atoms with Crippen molar-refractivity contribution in [2.45, 2.75) is 205 Å². The summed E-state index contributed by atoms with van der Waals surface area (Å²) in [5.74, 6) is 1.26. The number of benzene rings is 2. The van der Waals surface area contributed by atoms with Crippen LogP contribution in [0.15, 0.2) is 48.5 Å². The van der Waals surface area contributed by atoms with E-state index < -0.39 is 24.4 Å². The number of hydrogen-bond donors (Lipinski definition) is 4. The van der Waals surface area contributed by atoms with E-state index in [1.165, 1.54) is 128 Å². The molecule has 5 nitrogen and oxygen atoms in total. The normalized spacial score (nSPS) is 14.1. The first-order chi connectivity index (χ1) is 24.0. The van der Waals surface area contributed by atoms with Crippen molar-refractivity contribution in [1.82, 2.24) is 0 Å². The molecule has 0 amide bonds. The summed E-state index contributed by atoms with van der Waals surface area (Å²) >= 11 is 0. The molecule has 0 aliphatic heterocycles. The standard InChI is InChI=1S/C44H74O5/c1-3-5-7-9-11-13-15-17-19-21-23-25-27-41(45)43(47)37-29-33-39(34-30-37)49-40-35-31-38(32-36-40)44(48)42(46)28-26-24-22-20-18-16-14-12-10-8-6-4-2/h29-36,41-48H,3-28H2,1-2H3. The van der Waals surface area contributed by atoms with Gasteiger partial charge in [0.2, 0.25) is 0 Å². The van der Waals surface area contributed by atoms with Crippen LogP contribution in [-0.4, -0.2) is 32.6 Å². The molecule has 0 heterocycles. The first-order valence-corrected chi connectivity index (χ1v) is 20.6. The average molecular weight is 683 g/mol. The molecule has 4 atom stereocenters. The van der Waals surface area contributed by atoms with E-state index in [2.05, 4.69) is 13.8 Å². The van der Waals surface area contributed by atoms with Gasteiger partial charge < -0.3 is 25.2 Å². The molecule has 280 valence electrons. The fourth-order valence-corrected chi connectivity index (χ4v) is 6.75. The van der Waals surface area contributed by atoms with Gasteiger partial charge in [-0.15, -0.1) is 0 Å². The van der Waals surface area contributed by atoms with E-state index in [0.717, 1.165) is 25.7 Å². The van der Waals surface area contributed by atoms with Crippen molar-refractivity contribution in [3.8, 4) is 11.5 Å². The zero-order valence-electron chi connectivity index (χ0n) is 31.5. The predicted octanol–water partition coefficient (Wildman–Crippen LogP) is 12.4. The van der Waals surface area contributed by atoms with Crippen molar-refractivity contribution >= 4 is 0 Å². The summed E-state index contributed by atoms with van der Waals surface area (Å²) in [5.41, 5.74) is 1.36. The van der Waals surface area contributed by atoms with Gasteiger partial charge in [0, 0.05) is 0 Å². The molecule has 0 saturated heterocycles. The van der Waals surface area contributed by atoms with Gasteiger partial charge in [-0.2, -0.15) is 0 Å². The zero-order valence-corrected chi connectivity index (χ0v) is 31.5. The average Bonchev–Trinajstić information content (AvgIpc) is 3.12. The van der Waals surface area contributed by atoms with Gasteiger partial charge in [-0.25, -0.2) is 0 Å². The molecule has 0 aromatic heterocycles. The summed E-state index contributed by atoms with van der Waals surface area (Å²) in [7, 11) is 0. The van der Waals surface area contributed by atoms with Crippen LogP contribution >= 0.6 is 0 Å². The van der Waals surface area contributed by atoms with Crippen LogP contribution in [0.5, 0.6) is 11.5 Å². The number of aliphatic hydroxyl groups is 4. The molecule has 0 saturated carbocycles. The Morgan fingerprint density at radius 2 is 0.612 bits per heavy atom. The summed E-state index contributed by atoms with van der Waals surface area (Å²) in [6.45, 7) is 4.52. The number of unbranched alkanes of at least 4 members (excludes halogenated alkanes) is 22. The van der Waals surface area contributed by atoms with Gasteiger partial charge in [-0.1, -0.05) is 192 Å². The topological polar surface area (TPSA) is 90.2 Å². The third-order valence-corrected chi connectivity index (χ3v) is 10.1. The highest BCUT2D eigenvalue weighted by Crippen LogP contribution is 2.28. The Morgan fingerprint density at radius 1 is 0.367 bits per heavy atom. The predicted molar refractivity (Wildman–Crippen MR) is 206 cm³/mol. The molecule has 4 N–H and O–H groups in total. The van der Waals surface area contributed by atoms with Crippen molar-refractivity contribution in [2.24, 2.45) is 0 Å². The Bertz CT molecular complexity index is 925. The lowest BCUT2D eigenvalue weighted by Crippen LogP contribution is -2.18. The fraction of sp³-hybridized carbons (Fsp3) is 0.727. The quantitative estimate of drug-likeness (QED) is 0.0577. The lowest BCUT2D eigenvalue weighted by atomic mass is 9.98. The largest absolute Gasteiger partial charge is 0.457 e. The molecular formula is C44H74O5. The number of rotatable bonds is 32. The monoisotopic (exact) mass is 683 g/mol. The van der Waals surface area contributed by atoms with Gasteiger partial charge in [0.25, 0.3) is 0 Å². The highest BCUT2D eigenvalue weighted by atomic mass is 16.5.